The second kappa shape index (κ2) is 6.19. The van der Waals surface area contributed by atoms with Crippen LogP contribution in [0.3, 0.4) is 0 Å². The van der Waals surface area contributed by atoms with Gasteiger partial charge in [0.15, 0.2) is 0 Å². The summed E-state index contributed by atoms with van der Waals surface area (Å²) in [7, 11) is -0.780. The molecule has 1 aromatic rings. The van der Waals surface area contributed by atoms with Gasteiger partial charge in [0.05, 0.1) is 5.25 Å². The Kier molecular flexibility index (Phi) is 4.80. The first kappa shape index (κ1) is 14.7. The smallest absolute Gasteiger partial charge is 0.0551 e. The molecule has 0 heterocycles. The summed E-state index contributed by atoms with van der Waals surface area (Å²) in [4.78, 5) is 0. The minimum atomic E-state index is -0.780. The number of rotatable bonds is 4. The average Bonchev–Trinajstić information content (AvgIpc) is 2.41. The Morgan fingerprint density at radius 3 is 2.53 bits per heavy atom. The third-order valence-corrected chi connectivity index (χ3v) is 6.00. The minimum Gasteiger partial charge on any atom is -0.309 e. The highest BCUT2D eigenvalue weighted by Crippen LogP contribution is 2.40. The maximum absolute atomic E-state index is 12.6. The quantitative estimate of drug-likeness (QED) is 0.915. The lowest BCUT2D eigenvalue weighted by atomic mass is 9.80. The van der Waals surface area contributed by atoms with E-state index in [1.807, 2.05) is 0 Å². The van der Waals surface area contributed by atoms with Crippen molar-refractivity contribution in [3.8, 4) is 0 Å². The van der Waals surface area contributed by atoms with Crippen molar-refractivity contribution in [3.05, 3.63) is 35.4 Å². The molecule has 4 atom stereocenters. The van der Waals surface area contributed by atoms with Gasteiger partial charge < -0.3 is 5.32 Å². The summed E-state index contributed by atoms with van der Waals surface area (Å²) in [6.45, 7) is 9.41. The van der Waals surface area contributed by atoms with Gasteiger partial charge in [0.2, 0.25) is 0 Å². The fraction of sp³-hybridized carbons (Fsp3) is 0.625. The Morgan fingerprint density at radius 1 is 1.32 bits per heavy atom. The zero-order valence-electron chi connectivity index (χ0n) is 12.3. The lowest BCUT2D eigenvalue weighted by Gasteiger charge is -2.37. The summed E-state index contributed by atoms with van der Waals surface area (Å²) in [6.07, 6.45) is 1.01. The van der Waals surface area contributed by atoms with Gasteiger partial charge in [-0.05, 0) is 30.0 Å². The Labute approximate surface area is 119 Å². The van der Waals surface area contributed by atoms with Gasteiger partial charge in [0.25, 0.3) is 0 Å². The van der Waals surface area contributed by atoms with E-state index in [1.54, 1.807) is 0 Å². The highest BCUT2D eigenvalue weighted by molar-refractivity contribution is 7.86. The van der Waals surface area contributed by atoms with Crippen molar-refractivity contribution in [1.29, 1.82) is 0 Å². The monoisotopic (exact) mass is 279 g/mol. The van der Waals surface area contributed by atoms with Crippen molar-refractivity contribution >= 4 is 10.8 Å². The Bertz CT molecular complexity index is 458. The van der Waals surface area contributed by atoms with Crippen LogP contribution >= 0.6 is 0 Å². The van der Waals surface area contributed by atoms with Gasteiger partial charge in [-0.3, -0.25) is 4.21 Å². The first-order valence-electron chi connectivity index (χ1n) is 7.27. The SMILES string of the molecule is CCNC1c2ccccc2C(C)CC1S(=O)C(C)C. The zero-order valence-corrected chi connectivity index (χ0v) is 13.2. The summed E-state index contributed by atoms with van der Waals surface area (Å²) in [6, 6.07) is 8.86. The normalized spacial score (nSPS) is 28.2. The topological polar surface area (TPSA) is 29.1 Å². The molecular weight excluding hydrogens is 254 g/mol. The van der Waals surface area contributed by atoms with Crippen LogP contribution in [0, 0.1) is 0 Å². The second-order valence-electron chi connectivity index (χ2n) is 5.72. The summed E-state index contributed by atoms with van der Waals surface area (Å²) >= 11 is 0. The Hall–Kier alpha value is -0.670. The van der Waals surface area contributed by atoms with Crippen LogP contribution in [-0.2, 0) is 10.8 Å². The average molecular weight is 279 g/mol. The van der Waals surface area contributed by atoms with Crippen molar-refractivity contribution in [2.75, 3.05) is 6.54 Å². The molecule has 0 bridgehead atoms. The molecule has 106 valence electrons. The van der Waals surface area contributed by atoms with E-state index < -0.39 is 10.8 Å². The van der Waals surface area contributed by atoms with Crippen LogP contribution in [0.15, 0.2) is 24.3 Å². The molecule has 4 unspecified atom stereocenters. The van der Waals surface area contributed by atoms with Gasteiger partial charge >= 0.3 is 0 Å². The Balaban J connectivity index is 2.40. The summed E-state index contributed by atoms with van der Waals surface area (Å²) in [5.41, 5.74) is 2.77. The standard InChI is InChI=1S/C16H25NOS/c1-5-17-16-14-9-7-6-8-13(14)12(4)10-15(16)19(18)11(2)3/h6-9,11-12,15-17H,5,10H2,1-4H3. The van der Waals surface area contributed by atoms with Crippen LogP contribution in [0.1, 0.15) is 57.2 Å². The Morgan fingerprint density at radius 2 is 1.95 bits per heavy atom. The van der Waals surface area contributed by atoms with Crippen molar-refractivity contribution in [2.45, 2.75) is 56.6 Å². The molecule has 2 rings (SSSR count). The van der Waals surface area contributed by atoms with Gasteiger partial charge in [-0.1, -0.05) is 52.0 Å². The van der Waals surface area contributed by atoms with Crippen molar-refractivity contribution in [3.63, 3.8) is 0 Å². The predicted octanol–water partition coefficient (Wildman–Crippen LogP) is 3.37. The van der Waals surface area contributed by atoms with Crippen LogP contribution in [0.4, 0.5) is 0 Å². The zero-order chi connectivity index (χ0) is 14.0. The largest absolute Gasteiger partial charge is 0.309 e. The molecule has 3 heteroatoms. The van der Waals surface area contributed by atoms with Crippen molar-refractivity contribution in [1.82, 2.24) is 5.32 Å². The maximum Gasteiger partial charge on any atom is 0.0551 e. The van der Waals surface area contributed by atoms with E-state index in [4.69, 9.17) is 0 Å². The van der Waals surface area contributed by atoms with E-state index in [0.717, 1.165) is 13.0 Å². The van der Waals surface area contributed by atoms with Gasteiger partial charge in [-0.25, -0.2) is 0 Å². The molecule has 0 saturated carbocycles. The molecule has 0 saturated heterocycles. The van der Waals surface area contributed by atoms with Crippen LogP contribution in [-0.4, -0.2) is 21.3 Å². The van der Waals surface area contributed by atoms with Crippen molar-refractivity contribution in [2.24, 2.45) is 0 Å². The third kappa shape index (κ3) is 2.92. The first-order valence-corrected chi connectivity index (χ1v) is 8.55. The van der Waals surface area contributed by atoms with Gasteiger partial charge in [-0.15, -0.1) is 0 Å². The van der Waals surface area contributed by atoms with Gasteiger partial charge in [0.1, 0.15) is 0 Å². The van der Waals surface area contributed by atoms with Crippen LogP contribution in [0.5, 0.6) is 0 Å². The van der Waals surface area contributed by atoms with Gasteiger partial charge in [0, 0.05) is 22.1 Å². The second-order valence-corrected chi connectivity index (χ2v) is 7.92. The molecule has 0 spiro atoms. The molecule has 0 aromatic heterocycles. The van der Waals surface area contributed by atoms with Crippen molar-refractivity contribution < 1.29 is 4.21 Å². The molecule has 0 amide bonds. The molecule has 1 aliphatic carbocycles. The van der Waals surface area contributed by atoms with Gasteiger partial charge in [-0.2, -0.15) is 0 Å². The molecule has 1 aromatic carbocycles. The van der Waals surface area contributed by atoms with E-state index in [9.17, 15) is 4.21 Å². The highest BCUT2D eigenvalue weighted by atomic mass is 32.2. The van der Waals surface area contributed by atoms with E-state index in [-0.39, 0.29) is 16.5 Å². The van der Waals surface area contributed by atoms with Crippen LogP contribution < -0.4 is 5.32 Å². The summed E-state index contributed by atoms with van der Waals surface area (Å²) in [5.74, 6) is 0.499. The molecule has 0 aliphatic heterocycles. The fourth-order valence-corrected chi connectivity index (χ4v) is 4.78. The van der Waals surface area contributed by atoms with E-state index in [0.29, 0.717) is 5.92 Å². The summed E-state index contributed by atoms with van der Waals surface area (Å²) < 4.78 is 12.6. The number of hydrogen-bond donors (Lipinski definition) is 1. The lowest BCUT2D eigenvalue weighted by molar-refractivity contribution is 0.443. The molecule has 0 radical (unpaired) electrons. The molecule has 1 N–H and O–H groups in total. The number of fused-ring (bicyclic) bond motifs is 1. The number of benzene rings is 1. The molecule has 1 aliphatic rings. The third-order valence-electron chi connectivity index (χ3n) is 4.01. The minimum absolute atomic E-state index is 0.226. The molecule has 19 heavy (non-hydrogen) atoms. The number of nitrogens with one attached hydrogen (secondary N) is 1. The van der Waals surface area contributed by atoms with E-state index in [2.05, 4.69) is 57.3 Å². The van der Waals surface area contributed by atoms with E-state index in [1.165, 1.54) is 11.1 Å². The summed E-state index contributed by atoms with van der Waals surface area (Å²) in [5, 5.41) is 4.01. The van der Waals surface area contributed by atoms with Crippen LogP contribution in [0.2, 0.25) is 0 Å². The molecular formula is C16H25NOS. The molecule has 0 fully saturated rings. The molecule has 2 nitrogen and oxygen atoms in total. The lowest BCUT2D eigenvalue weighted by Crippen LogP contribution is -2.41. The fourth-order valence-electron chi connectivity index (χ4n) is 3.09. The highest BCUT2D eigenvalue weighted by Gasteiger charge is 2.36. The first-order chi connectivity index (χ1) is 9.06. The maximum atomic E-state index is 12.6. The predicted molar refractivity (Wildman–Crippen MR) is 83.0 cm³/mol. The van der Waals surface area contributed by atoms with E-state index >= 15 is 0 Å². The van der Waals surface area contributed by atoms with Crippen LogP contribution in [0.25, 0.3) is 0 Å². The number of hydrogen-bond acceptors (Lipinski definition) is 2.